The molecule has 1 aromatic heterocycles. The summed E-state index contributed by atoms with van der Waals surface area (Å²) in [7, 11) is 0. The molecule has 1 amide bonds. The molecular weight excluding hydrogens is 338 g/mol. The highest BCUT2D eigenvalue weighted by atomic mass is 16.5. The van der Waals surface area contributed by atoms with Crippen molar-refractivity contribution in [2.24, 2.45) is 17.8 Å². The van der Waals surface area contributed by atoms with Crippen LogP contribution in [0.5, 0.6) is 0 Å². The molecule has 0 radical (unpaired) electrons. The first-order chi connectivity index (χ1) is 13.0. The SMILES string of the molecule is CC(C)[C@H]1CC[C@@H](C)C[C@@H]1OCC(=O)NCCCc1nc2ccccc2[nH]1. The van der Waals surface area contributed by atoms with Gasteiger partial charge in [-0.2, -0.15) is 0 Å². The second kappa shape index (κ2) is 9.36. The van der Waals surface area contributed by atoms with Gasteiger partial charge in [0.25, 0.3) is 0 Å². The number of hydrogen-bond donors (Lipinski definition) is 2. The van der Waals surface area contributed by atoms with Gasteiger partial charge in [-0.25, -0.2) is 4.98 Å². The van der Waals surface area contributed by atoms with Crippen LogP contribution in [0.25, 0.3) is 11.0 Å². The molecule has 0 saturated heterocycles. The Morgan fingerprint density at radius 3 is 2.93 bits per heavy atom. The number of nitrogens with zero attached hydrogens (tertiary/aromatic N) is 1. The fourth-order valence-corrected chi connectivity index (χ4v) is 4.15. The average Bonchev–Trinajstić information content (AvgIpc) is 3.06. The number of aryl methyl sites for hydroxylation is 1. The Bertz CT molecular complexity index is 707. The fourth-order valence-electron chi connectivity index (χ4n) is 4.15. The van der Waals surface area contributed by atoms with Crippen LogP contribution < -0.4 is 5.32 Å². The van der Waals surface area contributed by atoms with Crippen molar-refractivity contribution in [3.63, 3.8) is 0 Å². The molecule has 0 unspecified atom stereocenters. The van der Waals surface area contributed by atoms with E-state index in [-0.39, 0.29) is 18.6 Å². The molecule has 1 heterocycles. The molecule has 5 nitrogen and oxygen atoms in total. The van der Waals surface area contributed by atoms with Gasteiger partial charge >= 0.3 is 0 Å². The second-order valence-corrected chi connectivity index (χ2v) is 8.33. The molecule has 3 atom stereocenters. The maximum absolute atomic E-state index is 12.1. The van der Waals surface area contributed by atoms with E-state index in [1.807, 2.05) is 24.3 Å². The topological polar surface area (TPSA) is 67.0 Å². The van der Waals surface area contributed by atoms with Gasteiger partial charge in [-0.05, 0) is 49.1 Å². The molecule has 3 rings (SSSR count). The summed E-state index contributed by atoms with van der Waals surface area (Å²) in [4.78, 5) is 20.0. The predicted molar refractivity (Wildman–Crippen MR) is 109 cm³/mol. The molecule has 5 heteroatoms. The maximum atomic E-state index is 12.1. The summed E-state index contributed by atoms with van der Waals surface area (Å²) >= 11 is 0. The van der Waals surface area contributed by atoms with E-state index in [0.29, 0.717) is 24.3 Å². The number of para-hydroxylation sites is 2. The zero-order valence-corrected chi connectivity index (χ0v) is 16.8. The number of rotatable bonds is 8. The molecule has 1 aliphatic rings. The monoisotopic (exact) mass is 371 g/mol. The number of hydrogen-bond acceptors (Lipinski definition) is 3. The predicted octanol–water partition coefficient (Wildman–Crippen LogP) is 4.09. The van der Waals surface area contributed by atoms with Gasteiger partial charge in [0.05, 0.1) is 17.1 Å². The number of carbonyl (C=O) groups excluding carboxylic acids is 1. The first-order valence-corrected chi connectivity index (χ1v) is 10.3. The van der Waals surface area contributed by atoms with Crippen molar-refractivity contribution in [1.82, 2.24) is 15.3 Å². The van der Waals surface area contributed by atoms with Crippen molar-refractivity contribution in [2.45, 2.75) is 59.0 Å². The van der Waals surface area contributed by atoms with E-state index >= 15 is 0 Å². The fraction of sp³-hybridized carbons (Fsp3) is 0.636. The highest BCUT2D eigenvalue weighted by Gasteiger charge is 2.31. The van der Waals surface area contributed by atoms with Crippen LogP contribution in [0.3, 0.4) is 0 Å². The van der Waals surface area contributed by atoms with Crippen molar-refractivity contribution in [3.8, 4) is 0 Å². The van der Waals surface area contributed by atoms with Crippen LogP contribution in [-0.4, -0.2) is 35.1 Å². The molecule has 27 heavy (non-hydrogen) atoms. The van der Waals surface area contributed by atoms with Gasteiger partial charge in [0.1, 0.15) is 12.4 Å². The number of aromatic nitrogens is 2. The van der Waals surface area contributed by atoms with E-state index in [0.717, 1.165) is 36.1 Å². The van der Waals surface area contributed by atoms with Crippen molar-refractivity contribution in [3.05, 3.63) is 30.1 Å². The third-order valence-electron chi connectivity index (χ3n) is 5.74. The summed E-state index contributed by atoms with van der Waals surface area (Å²) in [5.41, 5.74) is 2.05. The van der Waals surface area contributed by atoms with Gasteiger partial charge < -0.3 is 15.0 Å². The molecule has 0 aliphatic heterocycles. The van der Waals surface area contributed by atoms with Gasteiger partial charge in [0, 0.05) is 13.0 Å². The van der Waals surface area contributed by atoms with Crippen molar-refractivity contribution < 1.29 is 9.53 Å². The van der Waals surface area contributed by atoms with Gasteiger partial charge in [-0.15, -0.1) is 0 Å². The van der Waals surface area contributed by atoms with E-state index < -0.39 is 0 Å². The summed E-state index contributed by atoms with van der Waals surface area (Å²) in [6, 6.07) is 8.03. The summed E-state index contributed by atoms with van der Waals surface area (Å²) < 4.78 is 6.01. The molecule has 2 aromatic rings. The van der Waals surface area contributed by atoms with E-state index in [9.17, 15) is 4.79 Å². The first-order valence-electron chi connectivity index (χ1n) is 10.3. The van der Waals surface area contributed by atoms with Gasteiger partial charge in [0.15, 0.2) is 0 Å². The highest BCUT2D eigenvalue weighted by Crippen LogP contribution is 2.35. The minimum atomic E-state index is -0.0136. The van der Waals surface area contributed by atoms with Crippen LogP contribution in [0.2, 0.25) is 0 Å². The Morgan fingerprint density at radius 2 is 2.15 bits per heavy atom. The zero-order valence-electron chi connectivity index (χ0n) is 16.8. The van der Waals surface area contributed by atoms with Crippen LogP contribution in [0.4, 0.5) is 0 Å². The van der Waals surface area contributed by atoms with E-state index in [2.05, 4.69) is 36.1 Å². The van der Waals surface area contributed by atoms with Gasteiger partial charge in [0.2, 0.25) is 5.91 Å². The first kappa shape index (κ1) is 19.9. The van der Waals surface area contributed by atoms with Crippen molar-refractivity contribution in [1.29, 1.82) is 0 Å². The van der Waals surface area contributed by atoms with Crippen LogP contribution in [0.1, 0.15) is 52.3 Å². The van der Waals surface area contributed by atoms with Gasteiger partial charge in [-0.1, -0.05) is 39.3 Å². The van der Waals surface area contributed by atoms with Crippen LogP contribution in [0.15, 0.2) is 24.3 Å². The maximum Gasteiger partial charge on any atom is 0.246 e. The Kier molecular flexibility index (Phi) is 6.89. The van der Waals surface area contributed by atoms with Crippen LogP contribution in [0, 0.1) is 17.8 Å². The quantitative estimate of drug-likeness (QED) is 0.687. The molecular formula is C22H33N3O2. The molecule has 1 saturated carbocycles. The van der Waals surface area contributed by atoms with Crippen LogP contribution >= 0.6 is 0 Å². The number of imidazole rings is 1. The molecule has 1 aliphatic carbocycles. The minimum Gasteiger partial charge on any atom is -0.368 e. The average molecular weight is 372 g/mol. The van der Waals surface area contributed by atoms with Crippen LogP contribution in [-0.2, 0) is 16.0 Å². The summed E-state index contributed by atoms with van der Waals surface area (Å²) in [6.07, 6.45) is 5.46. The lowest BCUT2D eigenvalue weighted by molar-refractivity contribution is -0.131. The molecule has 0 spiro atoms. The number of benzene rings is 1. The third-order valence-corrected chi connectivity index (χ3v) is 5.74. The van der Waals surface area contributed by atoms with Crippen molar-refractivity contribution in [2.75, 3.05) is 13.2 Å². The Morgan fingerprint density at radius 1 is 1.33 bits per heavy atom. The molecule has 1 aromatic carbocycles. The number of aromatic amines is 1. The van der Waals surface area contributed by atoms with E-state index in [4.69, 9.17) is 4.74 Å². The number of H-pyrrole nitrogens is 1. The zero-order chi connectivity index (χ0) is 19.2. The van der Waals surface area contributed by atoms with E-state index in [1.165, 1.54) is 12.8 Å². The summed E-state index contributed by atoms with van der Waals surface area (Å²) in [6.45, 7) is 7.62. The number of fused-ring (bicyclic) bond motifs is 1. The number of nitrogens with one attached hydrogen (secondary N) is 2. The number of carbonyl (C=O) groups is 1. The Balaban J connectivity index is 1.36. The van der Waals surface area contributed by atoms with Crippen molar-refractivity contribution >= 4 is 16.9 Å². The Hall–Kier alpha value is -1.88. The molecule has 1 fully saturated rings. The Labute approximate surface area is 162 Å². The summed E-state index contributed by atoms with van der Waals surface area (Å²) in [5, 5.41) is 2.98. The standard InChI is InChI=1S/C22H33N3O2/c1-15(2)17-11-10-16(3)13-20(17)27-14-22(26)23-12-6-9-21-24-18-7-4-5-8-19(18)25-21/h4-5,7-8,15-17,20H,6,9-14H2,1-3H3,(H,23,26)(H,24,25)/t16-,17-,20+/m1/s1. The molecule has 148 valence electrons. The molecule has 0 bridgehead atoms. The normalized spacial score (nSPS) is 23.0. The largest absolute Gasteiger partial charge is 0.368 e. The summed E-state index contributed by atoms with van der Waals surface area (Å²) in [5.74, 6) is 2.83. The lowest BCUT2D eigenvalue weighted by atomic mass is 9.75. The third kappa shape index (κ3) is 5.55. The number of amides is 1. The number of ether oxygens (including phenoxy) is 1. The van der Waals surface area contributed by atoms with Gasteiger partial charge in [-0.3, -0.25) is 4.79 Å². The highest BCUT2D eigenvalue weighted by molar-refractivity contribution is 5.77. The minimum absolute atomic E-state index is 0.0136. The lowest BCUT2D eigenvalue weighted by Gasteiger charge is -2.37. The second-order valence-electron chi connectivity index (χ2n) is 8.33. The smallest absolute Gasteiger partial charge is 0.246 e. The molecule has 2 N–H and O–H groups in total. The van der Waals surface area contributed by atoms with E-state index in [1.54, 1.807) is 0 Å². The lowest BCUT2D eigenvalue weighted by Crippen LogP contribution is -2.37.